The van der Waals surface area contributed by atoms with Crippen molar-refractivity contribution in [2.75, 3.05) is 11.9 Å². The van der Waals surface area contributed by atoms with Gasteiger partial charge in [0.2, 0.25) is 10.7 Å². The third-order valence-electron chi connectivity index (χ3n) is 1.54. The molecule has 6 heteroatoms. The van der Waals surface area contributed by atoms with Gasteiger partial charge in [-0.05, 0) is 24.4 Å². The van der Waals surface area contributed by atoms with Crippen LogP contribution in [0.15, 0.2) is 0 Å². The molecule has 0 saturated heterocycles. The van der Waals surface area contributed by atoms with E-state index in [9.17, 15) is 0 Å². The van der Waals surface area contributed by atoms with Gasteiger partial charge in [-0.3, -0.25) is 4.57 Å². The summed E-state index contributed by atoms with van der Waals surface area (Å²) in [4.78, 5) is 6.87. The van der Waals surface area contributed by atoms with Gasteiger partial charge in [0.25, 0.3) is 0 Å². The average Bonchev–Trinajstić information content (AvgIpc) is 2.34. The van der Waals surface area contributed by atoms with E-state index in [1.807, 2.05) is 4.57 Å². The van der Waals surface area contributed by atoms with E-state index in [1.165, 1.54) is 0 Å². The van der Waals surface area contributed by atoms with Gasteiger partial charge in [0.1, 0.15) is 0 Å². The topological polar surface area (TPSA) is 45.6 Å². The van der Waals surface area contributed by atoms with Crippen LogP contribution in [0.1, 0.15) is 0 Å². The van der Waals surface area contributed by atoms with Crippen LogP contribution in [0.5, 0.6) is 0 Å². The van der Waals surface area contributed by atoms with Crippen molar-refractivity contribution in [3.05, 3.63) is 9.54 Å². The van der Waals surface area contributed by atoms with Crippen LogP contribution in [0.3, 0.4) is 0 Å². The van der Waals surface area contributed by atoms with Crippen LogP contribution in [-0.4, -0.2) is 21.1 Å². The van der Waals surface area contributed by atoms with E-state index in [0.29, 0.717) is 9.54 Å². The minimum Gasteiger partial charge on any atom is -0.354 e. The second-order valence-electron chi connectivity index (χ2n) is 2.25. The Morgan fingerprint density at radius 2 is 2.27 bits per heavy atom. The fourth-order valence-corrected chi connectivity index (χ4v) is 1.58. The first-order chi connectivity index (χ1) is 5.27. The minimum absolute atomic E-state index is 0.440. The maximum Gasteiger partial charge on any atom is 0.207 e. The van der Waals surface area contributed by atoms with Crippen LogP contribution >= 0.6 is 24.4 Å². The molecule has 2 heterocycles. The van der Waals surface area contributed by atoms with Crippen LogP contribution in [-0.2, 0) is 6.54 Å². The maximum absolute atomic E-state index is 5.03. The second kappa shape index (κ2) is 2.38. The first-order valence-electron chi connectivity index (χ1n) is 3.22. The van der Waals surface area contributed by atoms with Gasteiger partial charge in [-0.2, -0.15) is 4.98 Å². The highest BCUT2D eigenvalue weighted by Gasteiger charge is 2.09. The molecule has 0 spiro atoms. The molecule has 0 bridgehead atoms. The molecule has 1 aliphatic rings. The van der Waals surface area contributed by atoms with Crippen molar-refractivity contribution >= 4 is 30.4 Å². The molecule has 0 radical (unpaired) electrons. The van der Waals surface area contributed by atoms with Gasteiger partial charge in [-0.15, -0.1) is 0 Å². The Labute approximate surface area is 73.3 Å². The SMILES string of the molecule is S=c1nc2n(c(=S)[nH]1)CCN2. The van der Waals surface area contributed by atoms with Gasteiger partial charge in [0, 0.05) is 13.1 Å². The molecule has 1 aromatic heterocycles. The molecule has 2 rings (SSSR count). The van der Waals surface area contributed by atoms with E-state index in [0.717, 1.165) is 19.0 Å². The summed E-state index contributed by atoms with van der Waals surface area (Å²) in [5.74, 6) is 0.777. The van der Waals surface area contributed by atoms with Crippen molar-refractivity contribution in [1.29, 1.82) is 0 Å². The predicted molar refractivity (Wildman–Crippen MR) is 46.7 cm³/mol. The summed E-state index contributed by atoms with van der Waals surface area (Å²) in [6.07, 6.45) is 0. The molecular weight excluding hydrogens is 180 g/mol. The Hall–Kier alpha value is -0.750. The van der Waals surface area contributed by atoms with Crippen molar-refractivity contribution < 1.29 is 0 Å². The molecule has 0 aliphatic carbocycles. The second-order valence-corrected chi connectivity index (χ2v) is 3.02. The highest BCUT2D eigenvalue weighted by Crippen LogP contribution is 2.08. The molecular formula is C5H6N4S2. The monoisotopic (exact) mass is 186 g/mol. The van der Waals surface area contributed by atoms with E-state index in [2.05, 4.69) is 15.3 Å². The molecule has 0 fully saturated rings. The smallest absolute Gasteiger partial charge is 0.207 e. The maximum atomic E-state index is 5.03. The van der Waals surface area contributed by atoms with Gasteiger partial charge in [-0.1, -0.05) is 0 Å². The number of H-pyrrole nitrogens is 1. The van der Waals surface area contributed by atoms with Gasteiger partial charge >= 0.3 is 0 Å². The molecule has 0 unspecified atom stereocenters. The molecule has 0 aromatic carbocycles. The number of hydrogen-bond acceptors (Lipinski definition) is 4. The quantitative estimate of drug-likeness (QED) is 0.595. The van der Waals surface area contributed by atoms with Gasteiger partial charge in [0.05, 0.1) is 0 Å². The Morgan fingerprint density at radius 3 is 3.09 bits per heavy atom. The normalized spacial score (nSPS) is 14.2. The molecule has 1 aliphatic heterocycles. The summed E-state index contributed by atoms with van der Waals surface area (Å²) >= 11 is 9.88. The third kappa shape index (κ3) is 1.08. The van der Waals surface area contributed by atoms with Crippen molar-refractivity contribution in [3.63, 3.8) is 0 Å². The summed E-state index contributed by atoms with van der Waals surface area (Å²) in [5.41, 5.74) is 0. The van der Waals surface area contributed by atoms with Gasteiger partial charge in [0.15, 0.2) is 4.77 Å². The fraction of sp³-hybridized carbons (Fsp3) is 0.400. The van der Waals surface area contributed by atoms with Gasteiger partial charge in [-0.25, -0.2) is 0 Å². The highest BCUT2D eigenvalue weighted by atomic mass is 32.1. The number of fused-ring (bicyclic) bond motifs is 1. The summed E-state index contributed by atoms with van der Waals surface area (Å²) in [7, 11) is 0. The number of hydrogen-bond donors (Lipinski definition) is 2. The average molecular weight is 186 g/mol. The predicted octanol–water partition coefficient (Wildman–Crippen LogP) is 1.10. The van der Waals surface area contributed by atoms with Crippen LogP contribution in [0.4, 0.5) is 5.95 Å². The first kappa shape index (κ1) is 6.93. The van der Waals surface area contributed by atoms with E-state index in [4.69, 9.17) is 24.4 Å². The third-order valence-corrected chi connectivity index (χ3v) is 2.06. The lowest BCUT2D eigenvalue weighted by atomic mass is 10.7. The molecule has 1 aromatic rings. The fourth-order valence-electron chi connectivity index (χ4n) is 1.06. The Bertz CT molecular complexity index is 390. The number of aromatic amines is 1. The summed E-state index contributed by atoms with van der Waals surface area (Å²) in [5, 5.41) is 3.08. The number of nitrogens with zero attached hydrogens (tertiary/aromatic N) is 2. The summed E-state index contributed by atoms with van der Waals surface area (Å²) in [6.45, 7) is 1.75. The number of anilines is 1. The van der Waals surface area contributed by atoms with Crippen LogP contribution < -0.4 is 5.32 Å². The molecule has 0 saturated carbocycles. The van der Waals surface area contributed by atoms with Crippen LogP contribution in [0, 0.1) is 9.54 Å². The lowest BCUT2D eigenvalue weighted by Crippen LogP contribution is -2.00. The Morgan fingerprint density at radius 1 is 1.45 bits per heavy atom. The lowest BCUT2D eigenvalue weighted by molar-refractivity contribution is 0.746. The zero-order valence-electron chi connectivity index (χ0n) is 5.63. The summed E-state index contributed by atoms with van der Waals surface area (Å²) in [6, 6.07) is 0. The standard InChI is InChI=1S/C5H6N4S2/c10-4-7-3-6-1-2-9(3)5(11)8-4/h1-2H2,(H2,6,7,8,10,11). The van der Waals surface area contributed by atoms with Gasteiger partial charge < -0.3 is 10.3 Å². The number of aromatic nitrogens is 3. The minimum atomic E-state index is 0.440. The number of nitrogens with one attached hydrogen (secondary N) is 2. The van der Waals surface area contributed by atoms with Crippen molar-refractivity contribution in [2.24, 2.45) is 0 Å². The molecule has 2 N–H and O–H groups in total. The molecule has 4 nitrogen and oxygen atoms in total. The Kier molecular flexibility index (Phi) is 1.50. The molecule has 11 heavy (non-hydrogen) atoms. The largest absolute Gasteiger partial charge is 0.354 e. The number of rotatable bonds is 0. The molecule has 58 valence electrons. The van der Waals surface area contributed by atoms with Crippen molar-refractivity contribution in [3.8, 4) is 0 Å². The van der Waals surface area contributed by atoms with E-state index in [1.54, 1.807) is 0 Å². The van der Waals surface area contributed by atoms with Crippen LogP contribution in [0.25, 0.3) is 0 Å². The summed E-state index contributed by atoms with van der Waals surface area (Å²) < 4.78 is 2.98. The first-order valence-corrected chi connectivity index (χ1v) is 4.04. The lowest BCUT2D eigenvalue weighted by Gasteiger charge is -1.99. The highest BCUT2D eigenvalue weighted by molar-refractivity contribution is 7.71. The zero-order chi connectivity index (χ0) is 7.84. The molecule has 0 amide bonds. The van der Waals surface area contributed by atoms with Crippen molar-refractivity contribution in [1.82, 2.24) is 14.5 Å². The van der Waals surface area contributed by atoms with E-state index in [-0.39, 0.29) is 0 Å². The zero-order valence-corrected chi connectivity index (χ0v) is 7.26. The Balaban J connectivity index is 2.80. The van der Waals surface area contributed by atoms with Crippen molar-refractivity contribution in [2.45, 2.75) is 6.54 Å². The van der Waals surface area contributed by atoms with E-state index >= 15 is 0 Å². The van der Waals surface area contributed by atoms with Crippen LogP contribution in [0.2, 0.25) is 0 Å². The molecule has 0 atom stereocenters. The van der Waals surface area contributed by atoms with E-state index < -0.39 is 0 Å².